The SMILES string of the molecule is Cc1c(NC(=O)c2ccco2)cccc1C(=O)N1C[C@H]2CCCN2C(=O)[C@@H]1C. The fourth-order valence-corrected chi connectivity index (χ4v) is 4.08. The van der Waals surface area contributed by atoms with E-state index in [0.29, 0.717) is 23.4 Å². The van der Waals surface area contributed by atoms with Crippen molar-refractivity contribution in [3.63, 3.8) is 0 Å². The molecule has 1 N–H and O–H groups in total. The lowest BCUT2D eigenvalue weighted by Gasteiger charge is -2.41. The summed E-state index contributed by atoms with van der Waals surface area (Å²) >= 11 is 0. The van der Waals surface area contributed by atoms with Gasteiger partial charge in [0.05, 0.1) is 6.26 Å². The van der Waals surface area contributed by atoms with Crippen LogP contribution in [-0.2, 0) is 4.79 Å². The maximum Gasteiger partial charge on any atom is 0.291 e. The third kappa shape index (κ3) is 3.06. The third-order valence-electron chi connectivity index (χ3n) is 5.71. The molecule has 0 radical (unpaired) electrons. The van der Waals surface area contributed by atoms with Crippen LogP contribution in [-0.4, -0.2) is 52.7 Å². The molecule has 2 atom stereocenters. The molecule has 28 heavy (non-hydrogen) atoms. The van der Waals surface area contributed by atoms with Gasteiger partial charge >= 0.3 is 0 Å². The van der Waals surface area contributed by atoms with Gasteiger partial charge in [0.1, 0.15) is 6.04 Å². The second-order valence-corrected chi connectivity index (χ2v) is 7.37. The normalized spacial score (nSPS) is 21.6. The monoisotopic (exact) mass is 381 g/mol. The van der Waals surface area contributed by atoms with Crippen molar-refractivity contribution < 1.29 is 18.8 Å². The Labute approximate surface area is 163 Å². The Morgan fingerprint density at radius 1 is 1.21 bits per heavy atom. The minimum atomic E-state index is -0.484. The molecular formula is C21H23N3O4. The number of fused-ring (bicyclic) bond motifs is 1. The number of nitrogens with one attached hydrogen (secondary N) is 1. The zero-order valence-electron chi connectivity index (χ0n) is 16.0. The van der Waals surface area contributed by atoms with Gasteiger partial charge in [0.25, 0.3) is 11.8 Å². The molecule has 0 aliphatic carbocycles. The molecule has 7 nitrogen and oxygen atoms in total. The number of furan rings is 1. The van der Waals surface area contributed by atoms with Crippen LogP contribution >= 0.6 is 0 Å². The van der Waals surface area contributed by atoms with E-state index in [1.54, 1.807) is 49.1 Å². The highest BCUT2D eigenvalue weighted by molar-refractivity contribution is 6.05. The Morgan fingerprint density at radius 3 is 2.79 bits per heavy atom. The molecule has 2 aromatic rings. The summed E-state index contributed by atoms with van der Waals surface area (Å²) in [6.45, 7) is 4.91. The summed E-state index contributed by atoms with van der Waals surface area (Å²) in [6.07, 6.45) is 3.35. The Hall–Kier alpha value is -3.09. The van der Waals surface area contributed by atoms with Crippen LogP contribution in [0.15, 0.2) is 41.0 Å². The molecule has 0 bridgehead atoms. The lowest BCUT2D eigenvalue weighted by atomic mass is 10.0. The second-order valence-electron chi connectivity index (χ2n) is 7.37. The number of nitrogens with zero attached hydrogens (tertiary/aromatic N) is 2. The number of hydrogen-bond donors (Lipinski definition) is 1. The van der Waals surface area contributed by atoms with Crippen molar-refractivity contribution in [2.75, 3.05) is 18.4 Å². The summed E-state index contributed by atoms with van der Waals surface area (Å²) in [6, 6.07) is 8.06. The Kier molecular flexibility index (Phi) is 4.66. The second kappa shape index (κ2) is 7.14. The zero-order chi connectivity index (χ0) is 19.8. The first-order chi connectivity index (χ1) is 13.5. The first-order valence-electron chi connectivity index (χ1n) is 9.53. The number of carbonyl (C=O) groups is 3. The Balaban J connectivity index is 1.58. The molecule has 2 fully saturated rings. The van der Waals surface area contributed by atoms with E-state index < -0.39 is 6.04 Å². The molecule has 2 aliphatic rings. The molecule has 1 aromatic heterocycles. The lowest BCUT2D eigenvalue weighted by molar-refractivity contribution is -0.141. The van der Waals surface area contributed by atoms with Crippen molar-refractivity contribution in [2.45, 2.75) is 38.8 Å². The molecule has 3 amide bonds. The van der Waals surface area contributed by atoms with E-state index in [2.05, 4.69) is 5.32 Å². The summed E-state index contributed by atoms with van der Waals surface area (Å²) in [5, 5.41) is 2.79. The number of benzene rings is 1. The largest absolute Gasteiger partial charge is 0.459 e. The Morgan fingerprint density at radius 2 is 2.04 bits per heavy atom. The van der Waals surface area contributed by atoms with E-state index in [0.717, 1.165) is 19.4 Å². The van der Waals surface area contributed by atoms with E-state index >= 15 is 0 Å². The topological polar surface area (TPSA) is 82.9 Å². The molecule has 0 spiro atoms. The van der Waals surface area contributed by atoms with Crippen LogP contribution in [0.2, 0.25) is 0 Å². The van der Waals surface area contributed by atoms with Crippen molar-refractivity contribution >= 4 is 23.4 Å². The van der Waals surface area contributed by atoms with Crippen LogP contribution < -0.4 is 5.32 Å². The number of piperazine rings is 1. The third-order valence-corrected chi connectivity index (χ3v) is 5.71. The number of anilines is 1. The minimum Gasteiger partial charge on any atom is -0.459 e. The van der Waals surface area contributed by atoms with Gasteiger partial charge in [0, 0.05) is 30.4 Å². The highest BCUT2D eigenvalue weighted by Gasteiger charge is 2.42. The summed E-state index contributed by atoms with van der Waals surface area (Å²) in [4.78, 5) is 41.7. The van der Waals surface area contributed by atoms with Crippen molar-refractivity contribution in [1.82, 2.24) is 9.80 Å². The fraction of sp³-hybridized carbons (Fsp3) is 0.381. The van der Waals surface area contributed by atoms with Crippen LogP contribution in [0.3, 0.4) is 0 Å². The summed E-state index contributed by atoms with van der Waals surface area (Å²) in [5.74, 6) is -0.338. The van der Waals surface area contributed by atoms with Gasteiger partial charge in [-0.25, -0.2) is 0 Å². The van der Waals surface area contributed by atoms with Gasteiger partial charge in [-0.15, -0.1) is 0 Å². The van der Waals surface area contributed by atoms with Gasteiger partial charge in [-0.2, -0.15) is 0 Å². The van der Waals surface area contributed by atoms with Crippen LogP contribution in [0, 0.1) is 6.92 Å². The lowest BCUT2D eigenvalue weighted by Crippen LogP contribution is -2.60. The highest BCUT2D eigenvalue weighted by atomic mass is 16.3. The predicted molar refractivity (Wildman–Crippen MR) is 103 cm³/mol. The summed E-state index contributed by atoms with van der Waals surface area (Å²) < 4.78 is 5.12. The smallest absolute Gasteiger partial charge is 0.291 e. The predicted octanol–water partition coefficient (Wildman–Crippen LogP) is 2.68. The van der Waals surface area contributed by atoms with Crippen LogP contribution in [0.5, 0.6) is 0 Å². The first kappa shape index (κ1) is 18.3. The summed E-state index contributed by atoms with van der Waals surface area (Å²) in [7, 11) is 0. The van der Waals surface area contributed by atoms with Gasteiger partial charge in [-0.05, 0) is 56.5 Å². The van der Waals surface area contributed by atoms with Gasteiger partial charge in [-0.3, -0.25) is 14.4 Å². The fourth-order valence-electron chi connectivity index (χ4n) is 4.08. The van der Waals surface area contributed by atoms with Gasteiger partial charge in [0.2, 0.25) is 5.91 Å². The molecule has 2 saturated heterocycles. The average molecular weight is 381 g/mol. The standard InChI is InChI=1S/C21H23N3O4/c1-13-16(7-3-8-17(13)22-19(25)18-9-5-11-28-18)21(27)24-12-15-6-4-10-23(15)20(26)14(24)2/h3,5,7-9,11,14-15H,4,6,10,12H2,1-2H3,(H,22,25)/t14-,15+/m0/s1. The number of amides is 3. The zero-order valence-corrected chi connectivity index (χ0v) is 16.0. The molecule has 0 unspecified atom stereocenters. The molecule has 4 rings (SSSR count). The highest BCUT2D eigenvalue weighted by Crippen LogP contribution is 2.28. The number of carbonyl (C=O) groups excluding carboxylic acids is 3. The quantitative estimate of drug-likeness (QED) is 0.886. The van der Waals surface area contributed by atoms with E-state index in [9.17, 15) is 14.4 Å². The first-order valence-corrected chi connectivity index (χ1v) is 9.53. The van der Waals surface area contributed by atoms with Crippen LogP contribution in [0.1, 0.15) is 46.2 Å². The molecule has 7 heteroatoms. The van der Waals surface area contributed by atoms with Gasteiger partial charge < -0.3 is 19.5 Å². The van der Waals surface area contributed by atoms with E-state index in [-0.39, 0.29) is 29.5 Å². The van der Waals surface area contributed by atoms with Gasteiger partial charge in [0.15, 0.2) is 5.76 Å². The molecule has 146 valence electrons. The number of hydrogen-bond acceptors (Lipinski definition) is 4. The van der Waals surface area contributed by atoms with Crippen molar-refractivity contribution in [3.05, 3.63) is 53.5 Å². The van der Waals surface area contributed by atoms with Gasteiger partial charge in [-0.1, -0.05) is 6.07 Å². The molecule has 3 heterocycles. The number of rotatable bonds is 3. The molecular weight excluding hydrogens is 358 g/mol. The van der Waals surface area contributed by atoms with Crippen molar-refractivity contribution in [1.29, 1.82) is 0 Å². The minimum absolute atomic E-state index is 0.0158. The van der Waals surface area contributed by atoms with E-state index in [1.807, 2.05) is 4.90 Å². The molecule has 0 saturated carbocycles. The molecule has 2 aliphatic heterocycles. The maximum absolute atomic E-state index is 13.3. The average Bonchev–Trinajstić information content (AvgIpc) is 3.37. The Bertz CT molecular complexity index is 922. The summed E-state index contributed by atoms with van der Waals surface area (Å²) in [5.41, 5.74) is 1.70. The van der Waals surface area contributed by atoms with E-state index in [4.69, 9.17) is 4.42 Å². The van der Waals surface area contributed by atoms with Crippen LogP contribution in [0.4, 0.5) is 5.69 Å². The van der Waals surface area contributed by atoms with Crippen molar-refractivity contribution in [3.8, 4) is 0 Å². The molecule has 1 aromatic carbocycles. The maximum atomic E-state index is 13.3. The van der Waals surface area contributed by atoms with E-state index in [1.165, 1.54) is 6.26 Å². The van der Waals surface area contributed by atoms with Crippen molar-refractivity contribution in [2.24, 2.45) is 0 Å². The van der Waals surface area contributed by atoms with Crippen LogP contribution in [0.25, 0.3) is 0 Å².